The molecule has 7 heteroatoms. The van der Waals surface area contributed by atoms with E-state index in [-0.39, 0.29) is 12.5 Å². The van der Waals surface area contributed by atoms with Crippen molar-refractivity contribution < 1.29 is 9.18 Å². The maximum absolute atomic E-state index is 14.4. The minimum atomic E-state index is -0.404. The van der Waals surface area contributed by atoms with E-state index in [0.717, 1.165) is 33.1 Å². The number of pyridine rings is 2. The van der Waals surface area contributed by atoms with Crippen LogP contribution in [0.1, 0.15) is 32.9 Å². The van der Waals surface area contributed by atoms with Crippen molar-refractivity contribution in [2.45, 2.75) is 19.9 Å². The summed E-state index contributed by atoms with van der Waals surface area (Å²) in [6.07, 6.45) is 5.68. The topological polar surface area (TPSA) is 70.7 Å². The fraction of sp³-hybridized carbons (Fsp3) is 0.115. The van der Waals surface area contributed by atoms with E-state index in [2.05, 4.69) is 26.3 Å². The Morgan fingerprint density at radius 2 is 1.97 bits per heavy atom. The monoisotopic (exact) mass is 458 g/mol. The van der Waals surface area contributed by atoms with E-state index in [4.69, 9.17) is 11.6 Å². The van der Waals surface area contributed by atoms with Crippen molar-refractivity contribution in [2.75, 3.05) is 0 Å². The molecule has 0 radical (unpaired) electrons. The quantitative estimate of drug-likeness (QED) is 0.353. The van der Waals surface area contributed by atoms with Gasteiger partial charge in [-0.15, -0.1) is 0 Å². The smallest absolute Gasteiger partial charge is 0.251 e. The number of H-pyrrole nitrogens is 1. The second-order valence-corrected chi connectivity index (χ2v) is 8.44. The van der Waals surface area contributed by atoms with Gasteiger partial charge in [-0.25, -0.2) is 4.39 Å². The molecule has 0 bridgehead atoms. The van der Waals surface area contributed by atoms with Gasteiger partial charge in [-0.05, 0) is 48.2 Å². The molecule has 0 spiro atoms. The Morgan fingerprint density at radius 1 is 1.09 bits per heavy atom. The zero-order valence-electron chi connectivity index (χ0n) is 17.8. The van der Waals surface area contributed by atoms with Crippen molar-refractivity contribution >= 4 is 39.2 Å². The van der Waals surface area contributed by atoms with E-state index < -0.39 is 5.82 Å². The highest BCUT2D eigenvalue weighted by atomic mass is 35.5. The second-order valence-electron chi connectivity index (χ2n) is 8.03. The van der Waals surface area contributed by atoms with Crippen LogP contribution in [0.3, 0.4) is 0 Å². The fourth-order valence-corrected chi connectivity index (χ4v) is 4.11. The molecule has 0 saturated carbocycles. The van der Waals surface area contributed by atoms with E-state index in [9.17, 15) is 9.18 Å². The number of amides is 1. The van der Waals surface area contributed by atoms with Crippen molar-refractivity contribution in [3.8, 4) is 0 Å². The van der Waals surface area contributed by atoms with Gasteiger partial charge < -0.3 is 10.3 Å². The van der Waals surface area contributed by atoms with E-state index in [1.54, 1.807) is 30.6 Å². The van der Waals surface area contributed by atoms with Crippen LogP contribution in [0.25, 0.3) is 21.7 Å². The number of aryl methyl sites for hydroxylation is 1. The lowest BCUT2D eigenvalue weighted by Crippen LogP contribution is -2.23. The average molecular weight is 459 g/mol. The molecule has 0 saturated heterocycles. The lowest BCUT2D eigenvalue weighted by atomic mass is 10.0. The van der Waals surface area contributed by atoms with Gasteiger partial charge in [0.05, 0.1) is 5.02 Å². The summed E-state index contributed by atoms with van der Waals surface area (Å²) in [6.45, 7) is 2.02. The van der Waals surface area contributed by atoms with Crippen LogP contribution in [-0.4, -0.2) is 20.9 Å². The first-order valence-electron chi connectivity index (χ1n) is 10.5. The summed E-state index contributed by atoms with van der Waals surface area (Å²) in [4.78, 5) is 24.4. The third-order valence-corrected chi connectivity index (χ3v) is 5.94. The second kappa shape index (κ2) is 8.64. The van der Waals surface area contributed by atoms with Gasteiger partial charge in [-0.2, -0.15) is 0 Å². The predicted molar refractivity (Wildman–Crippen MR) is 128 cm³/mol. The minimum absolute atomic E-state index is 0.0534. The lowest BCUT2D eigenvalue weighted by molar-refractivity contribution is 0.0950. The predicted octanol–water partition coefficient (Wildman–Crippen LogP) is 5.73. The molecule has 33 heavy (non-hydrogen) atoms. The number of carbonyl (C=O) groups is 1. The molecule has 1 amide bonds. The van der Waals surface area contributed by atoms with Gasteiger partial charge in [0.1, 0.15) is 5.82 Å². The molecule has 0 aliphatic rings. The van der Waals surface area contributed by atoms with Gasteiger partial charge in [0.25, 0.3) is 5.91 Å². The number of fused-ring (bicyclic) bond motifs is 2. The Bertz CT molecular complexity index is 1510. The van der Waals surface area contributed by atoms with Crippen molar-refractivity contribution in [3.05, 3.63) is 106 Å². The Morgan fingerprint density at radius 3 is 2.85 bits per heavy atom. The average Bonchev–Trinajstić information content (AvgIpc) is 3.16. The number of hydrogen-bond acceptors (Lipinski definition) is 3. The Kier molecular flexibility index (Phi) is 5.52. The van der Waals surface area contributed by atoms with Crippen LogP contribution in [0.15, 0.2) is 67.1 Å². The molecule has 0 atom stereocenters. The summed E-state index contributed by atoms with van der Waals surface area (Å²) < 4.78 is 14.4. The summed E-state index contributed by atoms with van der Waals surface area (Å²) in [6, 6.07) is 14.7. The van der Waals surface area contributed by atoms with Crippen LogP contribution in [0.2, 0.25) is 5.02 Å². The van der Waals surface area contributed by atoms with E-state index in [0.29, 0.717) is 28.1 Å². The van der Waals surface area contributed by atoms with Gasteiger partial charge >= 0.3 is 0 Å². The Balaban J connectivity index is 1.31. The van der Waals surface area contributed by atoms with E-state index in [1.165, 1.54) is 6.07 Å². The summed E-state index contributed by atoms with van der Waals surface area (Å²) >= 11 is 6.13. The molecule has 2 aromatic carbocycles. The van der Waals surface area contributed by atoms with Crippen molar-refractivity contribution in [1.82, 2.24) is 20.3 Å². The summed E-state index contributed by atoms with van der Waals surface area (Å²) in [7, 11) is 0. The molecular weight excluding hydrogens is 439 g/mol. The third kappa shape index (κ3) is 4.43. The number of rotatable bonds is 5. The van der Waals surface area contributed by atoms with Crippen LogP contribution in [0, 0.1) is 12.7 Å². The lowest BCUT2D eigenvalue weighted by Gasteiger charge is -2.09. The molecule has 0 unspecified atom stereocenters. The van der Waals surface area contributed by atoms with Gasteiger partial charge in [0, 0.05) is 70.4 Å². The molecule has 0 aliphatic heterocycles. The van der Waals surface area contributed by atoms with Gasteiger partial charge in [-0.1, -0.05) is 29.8 Å². The Labute approximate surface area is 194 Å². The highest BCUT2D eigenvalue weighted by molar-refractivity contribution is 6.35. The fourth-order valence-electron chi connectivity index (χ4n) is 3.90. The molecule has 3 aromatic heterocycles. The van der Waals surface area contributed by atoms with Crippen LogP contribution in [0.4, 0.5) is 4.39 Å². The normalized spacial score (nSPS) is 11.2. The van der Waals surface area contributed by atoms with Crippen LogP contribution in [0.5, 0.6) is 0 Å². The first-order valence-corrected chi connectivity index (χ1v) is 10.9. The Hall–Kier alpha value is -3.77. The van der Waals surface area contributed by atoms with E-state index in [1.807, 2.05) is 31.3 Å². The standard InChI is InChI=1S/C26H20ClFN4O/c1-15-6-19-7-16(2-3-18(19)12-30-15)8-21-9-17(4-5-29-21)26(33)32-13-20-10-22-23(27)14-31-25(22)11-24(20)28/h2-7,9-12,14,31H,8,13H2,1H3,(H,32,33). The molecule has 164 valence electrons. The maximum Gasteiger partial charge on any atom is 0.251 e. The molecule has 0 fully saturated rings. The van der Waals surface area contributed by atoms with Gasteiger partial charge in [0.15, 0.2) is 0 Å². The van der Waals surface area contributed by atoms with Gasteiger partial charge in [-0.3, -0.25) is 14.8 Å². The summed E-state index contributed by atoms with van der Waals surface area (Å²) in [5, 5.41) is 6.22. The number of halogens is 2. The SMILES string of the molecule is Cc1cc2cc(Cc3cc(C(=O)NCc4cc5c(Cl)c[nH]c5cc4F)ccn3)ccc2cn1. The van der Waals surface area contributed by atoms with Crippen molar-refractivity contribution in [1.29, 1.82) is 0 Å². The zero-order valence-corrected chi connectivity index (χ0v) is 18.6. The number of carbonyl (C=O) groups excluding carboxylic acids is 1. The molecule has 5 aromatic rings. The molecule has 2 N–H and O–H groups in total. The number of nitrogens with zero attached hydrogens (tertiary/aromatic N) is 2. The highest BCUT2D eigenvalue weighted by Gasteiger charge is 2.12. The van der Waals surface area contributed by atoms with Crippen LogP contribution in [-0.2, 0) is 13.0 Å². The largest absolute Gasteiger partial charge is 0.360 e. The first kappa shape index (κ1) is 21.1. The number of benzene rings is 2. The number of nitrogens with one attached hydrogen (secondary N) is 2. The third-order valence-electron chi connectivity index (χ3n) is 5.62. The summed E-state index contributed by atoms with van der Waals surface area (Å²) in [5.74, 6) is -0.697. The van der Waals surface area contributed by atoms with Crippen molar-refractivity contribution in [3.63, 3.8) is 0 Å². The van der Waals surface area contributed by atoms with Crippen molar-refractivity contribution in [2.24, 2.45) is 0 Å². The molecule has 0 aliphatic carbocycles. The van der Waals surface area contributed by atoms with Crippen LogP contribution >= 0.6 is 11.6 Å². The van der Waals surface area contributed by atoms with Crippen LogP contribution < -0.4 is 5.32 Å². The maximum atomic E-state index is 14.4. The zero-order chi connectivity index (χ0) is 22.9. The summed E-state index contributed by atoms with van der Waals surface area (Å²) in [5.41, 5.74) is 4.29. The first-order chi connectivity index (χ1) is 16.0. The molecular formula is C26H20ClFN4O. The van der Waals surface area contributed by atoms with Gasteiger partial charge in [0.2, 0.25) is 0 Å². The highest BCUT2D eigenvalue weighted by Crippen LogP contribution is 2.26. The minimum Gasteiger partial charge on any atom is -0.360 e. The molecule has 5 rings (SSSR count). The van der Waals surface area contributed by atoms with E-state index >= 15 is 0 Å². The number of aromatic amines is 1. The number of aromatic nitrogens is 3. The number of hydrogen-bond donors (Lipinski definition) is 2. The molecule has 5 nitrogen and oxygen atoms in total. The molecule has 3 heterocycles.